The van der Waals surface area contributed by atoms with Gasteiger partial charge in [-0.05, 0) is 30.7 Å². The fourth-order valence-electron chi connectivity index (χ4n) is 2.22. The third-order valence-electron chi connectivity index (χ3n) is 3.40. The molecule has 0 aliphatic rings. The van der Waals surface area contributed by atoms with E-state index in [9.17, 15) is 4.79 Å². The molecule has 2 aromatic heterocycles. The minimum absolute atomic E-state index is 0.233. The van der Waals surface area contributed by atoms with E-state index in [1.165, 1.54) is 11.8 Å². The van der Waals surface area contributed by atoms with Gasteiger partial charge < -0.3 is 9.73 Å². The number of hydrogen-bond acceptors (Lipinski definition) is 3. The van der Waals surface area contributed by atoms with E-state index in [2.05, 4.69) is 22.4 Å². The van der Waals surface area contributed by atoms with Crippen molar-refractivity contribution in [3.8, 4) is 11.3 Å². The summed E-state index contributed by atoms with van der Waals surface area (Å²) in [6.45, 7) is 2.45. The quantitative estimate of drug-likeness (QED) is 0.799. The lowest BCUT2D eigenvalue weighted by atomic mass is 10.0. The molecule has 0 radical (unpaired) electrons. The van der Waals surface area contributed by atoms with Crippen LogP contribution >= 0.6 is 0 Å². The first kappa shape index (κ1) is 14.1. The number of aromatic nitrogens is 1. The molecule has 3 rings (SSSR count). The molecule has 4 nitrogen and oxygen atoms in total. The van der Waals surface area contributed by atoms with Crippen molar-refractivity contribution in [2.75, 3.05) is 0 Å². The van der Waals surface area contributed by atoms with Crippen LogP contribution in [0.25, 0.3) is 11.3 Å². The van der Waals surface area contributed by atoms with Crippen LogP contribution in [0.5, 0.6) is 0 Å². The van der Waals surface area contributed by atoms with Gasteiger partial charge in [0.05, 0.1) is 12.0 Å². The van der Waals surface area contributed by atoms with E-state index < -0.39 is 0 Å². The monoisotopic (exact) mass is 292 g/mol. The molecule has 22 heavy (non-hydrogen) atoms. The molecule has 0 aliphatic carbocycles. The van der Waals surface area contributed by atoms with Gasteiger partial charge in [0.2, 0.25) is 0 Å². The molecule has 4 heteroatoms. The van der Waals surface area contributed by atoms with Crippen molar-refractivity contribution in [3.05, 3.63) is 77.9 Å². The highest BCUT2D eigenvalue weighted by Crippen LogP contribution is 2.21. The average Bonchev–Trinajstić information content (AvgIpc) is 3.08. The van der Waals surface area contributed by atoms with Crippen LogP contribution in [0.1, 0.15) is 21.7 Å². The minimum Gasteiger partial charge on any atom is -0.459 e. The van der Waals surface area contributed by atoms with Gasteiger partial charge in [0, 0.05) is 18.3 Å². The molecule has 1 aromatic carbocycles. The summed E-state index contributed by atoms with van der Waals surface area (Å²) in [4.78, 5) is 16.4. The number of benzene rings is 1. The summed E-state index contributed by atoms with van der Waals surface area (Å²) >= 11 is 0. The van der Waals surface area contributed by atoms with E-state index in [1.54, 1.807) is 18.3 Å². The first-order chi connectivity index (χ1) is 10.7. The van der Waals surface area contributed by atoms with Gasteiger partial charge in [-0.25, -0.2) is 0 Å². The molecule has 0 atom stereocenters. The zero-order chi connectivity index (χ0) is 15.4. The Balaban J connectivity index is 1.80. The number of nitrogens with zero attached hydrogens (tertiary/aromatic N) is 1. The number of hydrogen-bond donors (Lipinski definition) is 1. The number of carbonyl (C=O) groups is 1. The van der Waals surface area contributed by atoms with Crippen molar-refractivity contribution < 1.29 is 9.21 Å². The molecule has 0 unspecified atom stereocenters. The van der Waals surface area contributed by atoms with Crippen LogP contribution in [-0.4, -0.2) is 10.9 Å². The number of nitrogens with one attached hydrogen (secondary N) is 1. The van der Waals surface area contributed by atoms with Crippen molar-refractivity contribution in [1.82, 2.24) is 10.3 Å². The van der Waals surface area contributed by atoms with Gasteiger partial charge in [-0.3, -0.25) is 9.78 Å². The van der Waals surface area contributed by atoms with Crippen molar-refractivity contribution >= 4 is 5.91 Å². The number of aryl methyl sites for hydroxylation is 1. The molecule has 0 aliphatic heterocycles. The zero-order valence-electron chi connectivity index (χ0n) is 12.2. The van der Waals surface area contributed by atoms with Crippen LogP contribution in [0.15, 0.2) is 65.4 Å². The van der Waals surface area contributed by atoms with Gasteiger partial charge >= 0.3 is 0 Å². The molecule has 3 aromatic rings. The van der Waals surface area contributed by atoms with Crippen LogP contribution in [0.2, 0.25) is 0 Å². The van der Waals surface area contributed by atoms with Gasteiger partial charge in [-0.1, -0.05) is 35.9 Å². The molecular weight excluding hydrogens is 276 g/mol. The molecule has 2 heterocycles. The van der Waals surface area contributed by atoms with Gasteiger partial charge in [-0.15, -0.1) is 0 Å². The summed E-state index contributed by atoms with van der Waals surface area (Å²) in [6, 6.07) is 15.3. The summed E-state index contributed by atoms with van der Waals surface area (Å²) < 4.78 is 5.08. The Bertz CT molecular complexity index is 762. The Kier molecular flexibility index (Phi) is 4.01. The topological polar surface area (TPSA) is 55.1 Å². The van der Waals surface area contributed by atoms with Crippen LogP contribution in [0, 0.1) is 6.92 Å². The molecule has 0 saturated carbocycles. The van der Waals surface area contributed by atoms with Gasteiger partial charge in [-0.2, -0.15) is 0 Å². The van der Waals surface area contributed by atoms with Gasteiger partial charge in [0.15, 0.2) is 5.76 Å². The summed E-state index contributed by atoms with van der Waals surface area (Å²) in [5.41, 5.74) is 4.08. The fourth-order valence-corrected chi connectivity index (χ4v) is 2.22. The lowest BCUT2D eigenvalue weighted by Gasteiger charge is -2.09. The van der Waals surface area contributed by atoms with Crippen LogP contribution < -0.4 is 5.32 Å². The second-order valence-electron chi connectivity index (χ2n) is 5.04. The summed E-state index contributed by atoms with van der Waals surface area (Å²) in [5.74, 6) is 0.0736. The van der Waals surface area contributed by atoms with Crippen LogP contribution in [0.3, 0.4) is 0 Å². The number of carbonyl (C=O) groups excluding carboxylic acids is 1. The van der Waals surface area contributed by atoms with Gasteiger partial charge in [0.1, 0.15) is 0 Å². The maximum absolute atomic E-state index is 11.9. The van der Waals surface area contributed by atoms with E-state index in [0.717, 1.165) is 16.8 Å². The van der Waals surface area contributed by atoms with Gasteiger partial charge in [0.25, 0.3) is 5.91 Å². The third kappa shape index (κ3) is 3.06. The largest absolute Gasteiger partial charge is 0.459 e. The first-order valence-corrected chi connectivity index (χ1v) is 7.06. The Morgan fingerprint density at radius 3 is 2.68 bits per heavy atom. The Morgan fingerprint density at radius 1 is 1.14 bits per heavy atom. The molecular formula is C18H16N2O2. The lowest BCUT2D eigenvalue weighted by molar-refractivity contribution is 0.0923. The van der Waals surface area contributed by atoms with Crippen molar-refractivity contribution in [1.29, 1.82) is 0 Å². The predicted octanol–water partition coefficient (Wildman–Crippen LogP) is 3.58. The van der Waals surface area contributed by atoms with E-state index in [-0.39, 0.29) is 5.91 Å². The fraction of sp³-hybridized carbons (Fsp3) is 0.111. The lowest BCUT2D eigenvalue weighted by Crippen LogP contribution is -2.22. The molecule has 0 spiro atoms. The van der Waals surface area contributed by atoms with Crippen molar-refractivity contribution in [2.45, 2.75) is 13.5 Å². The van der Waals surface area contributed by atoms with E-state index in [1.807, 2.05) is 31.2 Å². The van der Waals surface area contributed by atoms with E-state index in [4.69, 9.17) is 4.42 Å². The highest BCUT2D eigenvalue weighted by Gasteiger charge is 2.10. The second kappa shape index (κ2) is 6.26. The Hall–Kier alpha value is -2.88. The highest BCUT2D eigenvalue weighted by atomic mass is 16.3. The average molecular weight is 292 g/mol. The second-order valence-corrected chi connectivity index (χ2v) is 5.04. The minimum atomic E-state index is -0.233. The van der Waals surface area contributed by atoms with Crippen molar-refractivity contribution in [2.24, 2.45) is 0 Å². The molecule has 0 fully saturated rings. The first-order valence-electron chi connectivity index (χ1n) is 7.06. The summed E-state index contributed by atoms with van der Waals surface area (Å²) in [6.07, 6.45) is 3.24. The highest BCUT2D eigenvalue weighted by molar-refractivity contribution is 5.91. The summed E-state index contributed by atoms with van der Waals surface area (Å²) in [7, 11) is 0. The molecule has 110 valence electrons. The summed E-state index contributed by atoms with van der Waals surface area (Å²) in [5, 5.41) is 2.85. The van der Waals surface area contributed by atoms with Crippen molar-refractivity contribution in [3.63, 3.8) is 0 Å². The zero-order valence-corrected chi connectivity index (χ0v) is 12.2. The predicted molar refractivity (Wildman–Crippen MR) is 84.3 cm³/mol. The standard InChI is InChI=1S/C18H16N2O2/c1-13-6-8-14(9-7-13)17-15(4-2-10-19-17)12-20-18(21)16-5-3-11-22-16/h2-11H,12H2,1H3,(H,20,21). The van der Waals surface area contributed by atoms with Crippen LogP contribution in [-0.2, 0) is 6.54 Å². The Morgan fingerprint density at radius 2 is 1.95 bits per heavy atom. The Labute approximate surface area is 128 Å². The maximum atomic E-state index is 11.9. The van der Waals surface area contributed by atoms with E-state index in [0.29, 0.717) is 12.3 Å². The smallest absolute Gasteiger partial charge is 0.287 e. The normalized spacial score (nSPS) is 10.4. The molecule has 0 saturated heterocycles. The number of rotatable bonds is 4. The SMILES string of the molecule is Cc1ccc(-c2ncccc2CNC(=O)c2ccco2)cc1. The maximum Gasteiger partial charge on any atom is 0.287 e. The number of furan rings is 1. The third-order valence-corrected chi connectivity index (χ3v) is 3.40. The molecule has 1 N–H and O–H groups in total. The van der Waals surface area contributed by atoms with E-state index >= 15 is 0 Å². The number of amides is 1. The number of pyridine rings is 1. The molecule has 0 bridgehead atoms. The van der Waals surface area contributed by atoms with Crippen LogP contribution in [0.4, 0.5) is 0 Å². The molecule has 1 amide bonds.